The van der Waals surface area contributed by atoms with Gasteiger partial charge in [0.2, 0.25) is 0 Å². The van der Waals surface area contributed by atoms with E-state index in [4.69, 9.17) is 14.5 Å². The quantitative estimate of drug-likeness (QED) is 0.213. The van der Waals surface area contributed by atoms with Gasteiger partial charge in [-0.05, 0) is 39.5 Å². The molecule has 0 aromatic heterocycles. The number of esters is 1. The van der Waals surface area contributed by atoms with Gasteiger partial charge in [0, 0.05) is 24.7 Å². The molecule has 0 aromatic rings. The van der Waals surface area contributed by atoms with Gasteiger partial charge in [-0.25, -0.2) is 9.78 Å². The predicted octanol–water partition coefficient (Wildman–Crippen LogP) is 5.77. The monoisotopic (exact) mass is 366 g/mol. The van der Waals surface area contributed by atoms with Gasteiger partial charge in [0.15, 0.2) is 0 Å². The van der Waals surface area contributed by atoms with Gasteiger partial charge in [-0.1, -0.05) is 51.5 Å². The molecule has 1 saturated heterocycles. The lowest BCUT2D eigenvalue weighted by molar-refractivity contribution is -0.336. The van der Waals surface area contributed by atoms with Crippen molar-refractivity contribution in [3.8, 4) is 0 Å². The molecule has 4 atom stereocenters. The van der Waals surface area contributed by atoms with E-state index < -0.39 is 0 Å². The Kier molecular flexibility index (Phi) is 11.5. The molecule has 1 unspecified atom stereocenters. The molecule has 2 fully saturated rings. The zero-order chi connectivity index (χ0) is 19.4. The maximum Gasteiger partial charge on any atom is 0.306 e. The van der Waals surface area contributed by atoms with Crippen LogP contribution < -0.4 is 0 Å². The first-order valence-corrected chi connectivity index (χ1v) is 10.4. The maximum atomic E-state index is 11.5. The molecular weight excluding hydrogens is 328 g/mol. The first-order valence-electron chi connectivity index (χ1n) is 10.4. The number of fused-ring (bicyclic) bond motifs is 2. The van der Waals surface area contributed by atoms with Crippen LogP contribution >= 0.6 is 0 Å². The molecule has 150 valence electrons. The summed E-state index contributed by atoms with van der Waals surface area (Å²) in [6, 6.07) is 0. The lowest BCUT2D eigenvalue weighted by Crippen LogP contribution is -2.28. The molecule has 4 heteroatoms. The van der Waals surface area contributed by atoms with Gasteiger partial charge < -0.3 is 4.74 Å². The highest BCUT2D eigenvalue weighted by Crippen LogP contribution is 2.44. The summed E-state index contributed by atoms with van der Waals surface area (Å²) in [6.07, 6.45) is 16.1. The highest BCUT2D eigenvalue weighted by Gasteiger charge is 2.49. The van der Waals surface area contributed by atoms with E-state index in [1.165, 1.54) is 6.42 Å². The SMILES string of the molecule is CC.CCC/C=C/C1[C@@H](C/C=C\CCCC(=O)OC(C)C)[C@@H]2C[C@H]1OO2. The Morgan fingerprint density at radius 2 is 1.85 bits per heavy atom. The molecule has 4 nitrogen and oxygen atoms in total. The molecule has 0 amide bonds. The Balaban J connectivity index is 0.00000163. The Bertz CT molecular complexity index is 441. The predicted molar refractivity (Wildman–Crippen MR) is 106 cm³/mol. The normalized spacial score (nSPS) is 27.3. The van der Waals surface area contributed by atoms with Crippen LogP contribution in [-0.2, 0) is 19.3 Å². The first kappa shape index (κ1) is 22.9. The highest BCUT2D eigenvalue weighted by atomic mass is 17.2. The molecule has 2 rings (SSSR count). The zero-order valence-electron chi connectivity index (χ0n) is 17.3. The van der Waals surface area contributed by atoms with E-state index in [0.717, 1.165) is 32.1 Å². The van der Waals surface area contributed by atoms with Crippen LogP contribution in [0.5, 0.6) is 0 Å². The van der Waals surface area contributed by atoms with E-state index in [1.54, 1.807) is 0 Å². The smallest absolute Gasteiger partial charge is 0.306 e. The van der Waals surface area contributed by atoms with E-state index >= 15 is 0 Å². The van der Waals surface area contributed by atoms with E-state index in [0.29, 0.717) is 18.3 Å². The number of hydrogen-bond donors (Lipinski definition) is 0. The second-order valence-electron chi connectivity index (χ2n) is 7.10. The summed E-state index contributed by atoms with van der Waals surface area (Å²) in [7, 11) is 0. The minimum Gasteiger partial charge on any atom is -0.463 e. The van der Waals surface area contributed by atoms with Crippen LogP contribution in [0.3, 0.4) is 0 Å². The Hall–Kier alpha value is -1.13. The topological polar surface area (TPSA) is 44.8 Å². The molecule has 1 saturated carbocycles. The fourth-order valence-electron chi connectivity index (χ4n) is 3.49. The standard InChI is InChI=1S/C20H32O4.C2H6/c1-4-5-8-11-16-17(19-14-18(16)23-24-19)12-9-6-7-10-13-20(21)22-15(2)3;1-2/h6,8-9,11,15-19H,4-5,7,10,12-14H2,1-3H3;1-2H3/b9-6-,11-8+;/t16?,17-,18-,19+;/m1./s1. The van der Waals surface area contributed by atoms with Crippen LogP contribution in [0.4, 0.5) is 0 Å². The second-order valence-corrected chi connectivity index (χ2v) is 7.10. The van der Waals surface area contributed by atoms with Gasteiger partial charge in [0.05, 0.1) is 12.2 Å². The molecule has 2 bridgehead atoms. The van der Waals surface area contributed by atoms with Gasteiger partial charge in [-0.15, -0.1) is 0 Å². The summed E-state index contributed by atoms with van der Waals surface area (Å²) < 4.78 is 5.13. The highest BCUT2D eigenvalue weighted by molar-refractivity contribution is 5.69. The zero-order valence-corrected chi connectivity index (χ0v) is 17.3. The fraction of sp³-hybridized carbons (Fsp3) is 0.773. The first-order chi connectivity index (χ1) is 12.6. The molecule has 1 aliphatic carbocycles. The number of rotatable bonds is 10. The number of carbonyl (C=O) groups is 1. The van der Waals surface area contributed by atoms with Crippen LogP contribution in [0.1, 0.15) is 79.6 Å². The average molecular weight is 367 g/mol. The van der Waals surface area contributed by atoms with Gasteiger partial charge >= 0.3 is 5.97 Å². The summed E-state index contributed by atoms with van der Waals surface area (Å²) in [5.74, 6) is 0.887. The molecule has 0 aromatic carbocycles. The maximum absolute atomic E-state index is 11.5. The molecule has 0 radical (unpaired) electrons. The molecule has 0 N–H and O–H groups in total. The van der Waals surface area contributed by atoms with E-state index in [2.05, 4.69) is 31.2 Å². The summed E-state index contributed by atoms with van der Waals surface area (Å²) in [6.45, 7) is 9.95. The Morgan fingerprint density at radius 3 is 2.54 bits per heavy atom. The summed E-state index contributed by atoms with van der Waals surface area (Å²) in [5.41, 5.74) is 0. The number of ether oxygens (including phenoxy) is 1. The molecule has 1 heterocycles. The third-order valence-electron chi connectivity index (χ3n) is 4.68. The van der Waals surface area contributed by atoms with Crippen LogP contribution in [-0.4, -0.2) is 24.3 Å². The van der Waals surface area contributed by atoms with Crippen LogP contribution in [0, 0.1) is 11.8 Å². The van der Waals surface area contributed by atoms with Crippen molar-refractivity contribution >= 4 is 5.97 Å². The molecule has 0 spiro atoms. The van der Waals surface area contributed by atoms with Crippen molar-refractivity contribution in [3.63, 3.8) is 0 Å². The van der Waals surface area contributed by atoms with Crippen LogP contribution in [0.15, 0.2) is 24.3 Å². The van der Waals surface area contributed by atoms with Crippen molar-refractivity contribution in [2.75, 3.05) is 0 Å². The molecular formula is C22H38O4. The minimum absolute atomic E-state index is 0.0225. The number of allylic oxidation sites excluding steroid dienone is 3. The second kappa shape index (κ2) is 13.1. The van der Waals surface area contributed by atoms with Crippen molar-refractivity contribution in [3.05, 3.63) is 24.3 Å². The van der Waals surface area contributed by atoms with Crippen molar-refractivity contribution in [1.29, 1.82) is 0 Å². The Labute approximate surface area is 159 Å². The van der Waals surface area contributed by atoms with Crippen LogP contribution in [0.2, 0.25) is 0 Å². The van der Waals surface area contributed by atoms with Crippen molar-refractivity contribution < 1.29 is 19.3 Å². The summed E-state index contributed by atoms with van der Waals surface area (Å²) in [5, 5.41) is 0. The fourth-order valence-corrected chi connectivity index (χ4v) is 3.49. The third kappa shape index (κ3) is 7.63. The number of hydrogen-bond acceptors (Lipinski definition) is 4. The van der Waals surface area contributed by atoms with E-state index in [1.807, 2.05) is 27.7 Å². The van der Waals surface area contributed by atoms with Crippen molar-refractivity contribution in [2.24, 2.45) is 11.8 Å². The lowest BCUT2D eigenvalue weighted by Gasteiger charge is -2.27. The average Bonchev–Trinajstić information content (AvgIpc) is 3.21. The van der Waals surface area contributed by atoms with E-state index in [9.17, 15) is 4.79 Å². The summed E-state index contributed by atoms with van der Waals surface area (Å²) >= 11 is 0. The van der Waals surface area contributed by atoms with Crippen molar-refractivity contribution in [1.82, 2.24) is 0 Å². The number of unbranched alkanes of at least 4 members (excludes halogenated alkanes) is 2. The van der Waals surface area contributed by atoms with Gasteiger partial charge in [-0.3, -0.25) is 4.79 Å². The van der Waals surface area contributed by atoms with E-state index in [-0.39, 0.29) is 24.3 Å². The molecule has 1 aliphatic heterocycles. The van der Waals surface area contributed by atoms with Crippen molar-refractivity contribution in [2.45, 2.75) is 97.9 Å². The lowest BCUT2D eigenvalue weighted by atomic mass is 9.89. The summed E-state index contributed by atoms with van der Waals surface area (Å²) in [4.78, 5) is 22.3. The van der Waals surface area contributed by atoms with Crippen LogP contribution in [0.25, 0.3) is 0 Å². The van der Waals surface area contributed by atoms with Gasteiger partial charge in [0.1, 0.15) is 6.10 Å². The molecule has 26 heavy (non-hydrogen) atoms. The Morgan fingerprint density at radius 1 is 1.12 bits per heavy atom. The minimum atomic E-state index is -0.0989. The van der Waals surface area contributed by atoms with Gasteiger partial charge in [0.25, 0.3) is 0 Å². The van der Waals surface area contributed by atoms with Gasteiger partial charge in [-0.2, -0.15) is 0 Å². The third-order valence-corrected chi connectivity index (χ3v) is 4.68. The number of carbonyl (C=O) groups excluding carboxylic acids is 1. The molecule has 2 aliphatic rings. The largest absolute Gasteiger partial charge is 0.463 e.